The molecular formula is C22H26F2N2O2. The summed E-state index contributed by atoms with van der Waals surface area (Å²) in [5, 5.41) is 2.93. The van der Waals surface area contributed by atoms with Crippen LogP contribution in [0, 0.1) is 18.6 Å². The van der Waals surface area contributed by atoms with Crippen LogP contribution in [-0.2, 0) is 4.74 Å². The Bertz CT molecular complexity index is 835. The van der Waals surface area contributed by atoms with Crippen molar-refractivity contribution in [3.63, 3.8) is 0 Å². The predicted molar refractivity (Wildman–Crippen MR) is 105 cm³/mol. The number of carbonyl (C=O) groups is 1. The molecule has 0 aromatic heterocycles. The third-order valence-corrected chi connectivity index (χ3v) is 5.07. The summed E-state index contributed by atoms with van der Waals surface area (Å²) >= 11 is 0. The Morgan fingerprint density at radius 2 is 1.86 bits per heavy atom. The van der Waals surface area contributed by atoms with Crippen molar-refractivity contribution in [2.45, 2.75) is 26.3 Å². The fraction of sp³-hybridized carbons (Fsp3) is 0.409. The minimum Gasteiger partial charge on any atom is -0.379 e. The third-order valence-electron chi connectivity index (χ3n) is 5.07. The van der Waals surface area contributed by atoms with Crippen molar-refractivity contribution < 1.29 is 18.3 Å². The zero-order valence-corrected chi connectivity index (χ0v) is 16.3. The molecule has 0 aliphatic carbocycles. The highest BCUT2D eigenvalue weighted by Crippen LogP contribution is 2.27. The van der Waals surface area contributed by atoms with Crippen LogP contribution in [0.15, 0.2) is 36.4 Å². The lowest BCUT2D eigenvalue weighted by molar-refractivity contribution is 0.0363. The van der Waals surface area contributed by atoms with Gasteiger partial charge in [0.1, 0.15) is 11.6 Å². The lowest BCUT2D eigenvalue weighted by atomic mass is 9.98. The molecule has 4 nitrogen and oxygen atoms in total. The van der Waals surface area contributed by atoms with Crippen molar-refractivity contribution in [3.8, 4) is 11.1 Å². The number of hydrogen-bond donors (Lipinski definition) is 1. The summed E-state index contributed by atoms with van der Waals surface area (Å²) in [5.74, 6) is -1.15. The molecule has 1 aliphatic heterocycles. The van der Waals surface area contributed by atoms with Crippen LogP contribution in [0.3, 0.4) is 0 Å². The second-order valence-corrected chi connectivity index (χ2v) is 7.27. The van der Waals surface area contributed by atoms with Crippen molar-refractivity contribution in [1.29, 1.82) is 0 Å². The topological polar surface area (TPSA) is 41.6 Å². The average Bonchev–Trinajstić information content (AvgIpc) is 2.67. The van der Waals surface area contributed by atoms with E-state index in [1.165, 1.54) is 18.2 Å². The molecule has 1 atom stereocenters. The molecule has 0 saturated carbocycles. The van der Waals surface area contributed by atoms with E-state index in [2.05, 4.69) is 10.2 Å². The fourth-order valence-electron chi connectivity index (χ4n) is 3.38. The van der Waals surface area contributed by atoms with Gasteiger partial charge in [-0.15, -0.1) is 0 Å². The molecule has 6 heteroatoms. The van der Waals surface area contributed by atoms with Crippen molar-refractivity contribution >= 4 is 5.91 Å². The van der Waals surface area contributed by atoms with Crippen molar-refractivity contribution in [2.24, 2.45) is 0 Å². The number of hydrogen-bond acceptors (Lipinski definition) is 3. The minimum atomic E-state index is -0.497. The van der Waals surface area contributed by atoms with Crippen molar-refractivity contribution in [2.75, 3.05) is 32.8 Å². The molecule has 0 radical (unpaired) electrons. The van der Waals surface area contributed by atoms with Gasteiger partial charge >= 0.3 is 0 Å². The highest BCUT2D eigenvalue weighted by atomic mass is 19.1. The Balaban J connectivity index is 1.61. The number of ether oxygens (including phenoxy) is 1. The third kappa shape index (κ3) is 5.14. The Kier molecular flexibility index (Phi) is 6.75. The first-order valence-corrected chi connectivity index (χ1v) is 9.61. The van der Waals surface area contributed by atoms with Gasteiger partial charge in [0.05, 0.1) is 13.2 Å². The second kappa shape index (κ2) is 9.26. The van der Waals surface area contributed by atoms with Crippen LogP contribution in [0.25, 0.3) is 11.1 Å². The fourth-order valence-corrected chi connectivity index (χ4v) is 3.38. The minimum absolute atomic E-state index is 0.0163. The van der Waals surface area contributed by atoms with E-state index in [1.54, 1.807) is 25.1 Å². The lowest BCUT2D eigenvalue weighted by Gasteiger charge is -2.27. The van der Waals surface area contributed by atoms with Crippen molar-refractivity contribution in [1.82, 2.24) is 10.2 Å². The molecule has 0 bridgehead atoms. The molecule has 0 spiro atoms. The van der Waals surface area contributed by atoms with E-state index in [1.807, 2.05) is 6.92 Å². The molecule has 1 aliphatic rings. The van der Waals surface area contributed by atoms with Gasteiger partial charge in [0, 0.05) is 36.8 Å². The predicted octanol–water partition coefficient (Wildman–Crippen LogP) is 3.78. The summed E-state index contributed by atoms with van der Waals surface area (Å²) in [6.07, 6.45) is 0.821. The number of nitrogens with zero attached hydrogens (tertiary/aromatic N) is 1. The van der Waals surface area contributed by atoms with Gasteiger partial charge < -0.3 is 10.1 Å². The van der Waals surface area contributed by atoms with Crippen LogP contribution in [-0.4, -0.2) is 49.7 Å². The average molecular weight is 388 g/mol. The van der Waals surface area contributed by atoms with E-state index in [-0.39, 0.29) is 23.3 Å². The molecule has 1 saturated heterocycles. The maximum absolute atomic E-state index is 14.6. The number of amides is 1. The second-order valence-electron chi connectivity index (χ2n) is 7.27. The molecule has 2 aromatic carbocycles. The summed E-state index contributed by atoms with van der Waals surface area (Å²) < 4.78 is 33.2. The van der Waals surface area contributed by atoms with E-state index >= 15 is 0 Å². The Hall–Kier alpha value is -2.31. The van der Waals surface area contributed by atoms with Gasteiger partial charge in [-0.05, 0) is 55.7 Å². The molecule has 28 heavy (non-hydrogen) atoms. The number of carbonyl (C=O) groups excluding carboxylic acids is 1. The van der Waals surface area contributed by atoms with E-state index in [0.29, 0.717) is 16.7 Å². The zero-order chi connectivity index (χ0) is 20.1. The van der Waals surface area contributed by atoms with Crippen LogP contribution in [0.1, 0.15) is 29.3 Å². The van der Waals surface area contributed by atoms with Gasteiger partial charge in [0.2, 0.25) is 0 Å². The van der Waals surface area contributed by atoms with Gasteiger partial charge in [0.15, 0.2) is 0 Å². The molecule has 3 rings (SSSR count). The van der Waals surface area contributed by atoms with Gasteiger partial charge in [-0.2, -0.15) is 0 Å². The summed E-state index contributed by atoms with van der Waals surface area (Å²) in [6.45, 7) is 7.90. The Labute approximate surface area is 164 Å². The van der Waals surface area contributed by atoms with E-state index in [4.69, 9.17) is 4.74 Å². The van der Waals surface area contributed by atoms with Gasteiger partial charge in [-0.25, -0.2) is 8.78 Å². The Morgan fingerprint density at radius 1 is 1.14 bits per heavy atom. The van der Waals surface area contributed by atoms with Gasteiger partial charge in [-0.1, -0.05) is 12.1 Å². The number of aryl methyl sites for hydroxylation is 1. The molecule has 1 N–H and O–H groups in total. The lowest BCUT2D eigenvalue weighted by Crippen LogP contribution is -2.40. The summed E-state index contributed by atoms with van der Waals surface area (Å²) in [5.41, 5.74) is 1.89. The molecule has 150 valence electrons. The molecular weight excluding hydrogens is 362 g/mol. The monoisotopic (exact) mass is 388 g/mol. The molecule has 1 fully saturated rings. The first-order valence-electron chi connectivity index (χ1n) is 9.61. The summed E-state index contributed by atoms with van der Waals surface area (Å²) in [7, 11) is 0. The standard InChI is InChI=1S/C22H26F2N2O2/c1-15-13-18(23)4-6-19(15)20-5-3-17(14-21(20)24)22(27)25-16(2)7-8-26-9-11-28-12-10-26/h3-6,13-14,16H,7-12H2,1-2H3,(H,25,27). The van der Waals surface area contributed by atoms with Crippen LogP contribution in [0.4, 0.5) is 8.78 Å². The number of morpholine rings is 1. The number of nitrogens with one attached hydrogen (secondary N) is 1. The molecule has 1 unspecified atom stereocenters. The van der Waals surface area contributed by atoms with Crippen molar-refractivity contribution in [3.05, 3.63) is 59.2 Å². The van der Waals surface area contributed by atoms with Crippen LogP contribution in [0.5, 0.6) is 0 Å². The van der Waals surface area contributed by atoms with Crippen LogP contribution >= 0.6 is 0 Å². The maximum atomic E-state index is 14.6. The summed E-state index contributed by atoms with van der Waals surface area (Å²) in [4.78, 5) is 14.8. The SMILES string of the molecule is Cc1cc(F)ccc1-c1ccc(C(=O)NC(C)CCN2CCOCC2)cc1F. The van der Waals surface area contributed by atoms with Gasteiger partial charge in [0.25, 0.3) is 5.91 Å². The van der Waals surface area contributed by atoms with Crippen LogP contribution in [0.2, 0.25) is 0 Å². The van der Waals surface area contributed by atoms with E-state index in [0.717, 1.165) is 39.3 Å². The smallest absolute Gasteiger partial charge is 0.251 e. The number of halogens is 2. The largest absolute Gasteiger partial charge is 0.379 e. The molecule has 1 amide bonds. The van der Waals surface area contributed by atoms with Gasteiger partial charge in [-0.3, -0.25) is 9.69 Å². The van der Waals surface area contributed by atoms with E-state index in [9.17, 15) is 13.6 Å². The first kappa shape index (κ1) is 20.4. The zero-order valence-electron chi connectivity index (χ0n) is 16.3. The Morgan fingerprint density at radius 3 is 2.54 bits per heavy atom. The number of benzene rings is 2. The maximum Gasteiger partial charge on any atom is 0.251 e. The highest BCUT2D eigenvalue weighted by Gasteiger charge is 2.16. The highest BCUT2D eigenvalue weighted by molar-refractivity contribution is 5.95. The van der Waals surface area contributed by atoms with E-state index < -0.39 is 5.82 Å². The van der Waals surface area contributed by atoms with Crippen LogP contribution < -0.4 is 5.32 Å². The summed E-state index contributed by atoms with van der Waals surface area (Å²) in [6, 6.07) is 8.62. The normalized spacial score (nSPS) is 16.0. The molecule has 2 aromatic rings. The number of rotatable bonds is 6. The quantitative estimate of drug-likeness (QED) is 0.819. The molecule has 1 heterocycles. The first-order chi connectivity index (χ1) is 13.4.